The third-order valence-corrected chi connectivity index (χ3v) is 5.50. The van der Waals surface area contributed by atoms with E-state index in [1.54, 1.807) is 6.21 Å². The van der Waals surface area contributed by atoms with Crippen molar-refractivity contribution in [3.05, 3.63) is 77.1 Å². The highest BCUT2D eigenvalue weighted by atomic mass is 32.1. The Morgan fingerprint density at radius 2 is 2.07 bits per heavy atom. The summed E-state index contributed by atoms with van der Waals surface area (Å²) in [4.78, 5) is 13.2. The van der Waals surface area contributed by atoms with Crippen LogP contribution in [-0.4, -0.2) is 40.8 Å². The monoisotopic (exact) mass is 420 g/mol. The van der Waals surface area contributed by atoms with Gasteiger partial charge in [-0.15, -0.1) is 0 Å². The molecule has 1 fully saturated rings. The molecule has 0 bridgehead atoms. The Morgan fingerprint density at radius 3 is 2.83 bits per heavy atom. The molecule has 0 spiro atoms. The van der Waals surface area contributed by atoms with E-state index in [1.165, 1.54) is 0 Å². The molecule has 1 aliphatic heterocycles. The molecule has 7 heteroatoms. The number of carbonyl (C=O) groups is 1. The van der Waals surface area contributed by atoms with E-state index in [-0.39, 0.29) is 11.9 Å². The number of hydrazone groups is 1. The van der Waals surface area contributed by atoms with Crippen LogP contribution < -0.4 is 10.7 Å². The summed E-state index contributed by atoms with van der Waals surface area (Å²) in [5.74, 6) is -0.0179. The molecule has 1 aliphatic rings. The summed E-state index contributed by atoms with van der Waals surface area (Å²) < 4.78 is 7.50. The van der Waals surface area contributed by atoms with Crippen molar-refractivity contribution in [1.82, 2.24) is 15.1 Å². The van der Waals surface area contributed by atoms with Crippen molar-refractivity contribution in [2.24, 2.45) is 5.10 Å². The summed E-state index contributed by atoms with van der Waals surface area (Å²) in [5, 5.41) is 7.88. The van der Waals surface area contributed by atoms with Crippen LogP contribution >= 0.6 is 12.2 Å². The summed E-state index contributed by atoms with van der Waals surface area (Å²) in [6.45, 7) is 3.43. The van der Waals surface area contributed by atoms with Crippen LogP contribution in [0.25, 0.3) is 5.52 Å². The third kappa shape index (κ3) is 4.27. The van der Waals surface area contributed by atoms with E-state index >= 15 is 0 Å². The Morgan fingerprint density at radius 1 is 1.27 bits per heavy atom. The number of ether oxygens (including phenoxy) is 1. The topological polar surface area (TPSA) is 67.1 Å². The van der Waals surface area contributed by atoms with Gasteiger partial charge < -0.3 is 14.5 Å². The molecule has 154 valence electrons. The zero-order chi connectivity index (χ0) is 20.9. The smallest absolute Gasteiger partial charge is 0.210 e. The van der Waals surface area contributed by atoms with E-state index in [0.717, 1.165) is 36.1 Å². The molecule has 0 unspecified atom stereocenters. The summed E-state index contributed by atoms with van der Waals surface area (Å²) in [7, 11) is 0. The van der Waals surface area contributed by atoms with Gasteiger partial charge in [-0.25, -0.2) is 0 Å². The van der Waals surface area contributed by atoms with Gasteiger partial charge in [0.2, 0.25) is 5.78 Å². The van der Waals surface area contributed by atoms with Gasteiger partial charge in [-0.3, -0.25) is 10.2 Å². The van der Waals surface area contributed by atoms with Crippen molar-refractivity contribution in [3.8, 4) is 0 Å². The van der Waals surface area contributed by atoms with Gasteiger partial charge in [0.25, 0.3) is 0 Å². The first kappa shape index (κ1) is 20.3. The van der Waals surface area contributed by atoms with Gasteiger partial charge in [0.15, 0.2) is 5.11 Å². The maximum absolute atomic E-state index is 13.2. The number of pyridine rings is 1. The van der Waals surface area contributed by atoms with E-state index in [0.29, 0.717) is 22.9 Å². The normalized spacial score (nSPS) is 16.2. The lowest BCUT2D eigenvalue weighted by molar-refractivity contribution is 0.103. The third-order valence-electron chi connectivity index (χ3n) is 5.26. The quantitative estimate of drug-likeness (QED) is 0.277. The molecule has 1 saturated heterocycles. The number of rotatable bonds is 6. The first-order chi connectivity index (χ1) is 14.6. The van der Waals surface area contributed by atoms with Crippen molar-refractivity contribution < 1.29 is 9.53 Å². The summed E-state index contributed by atoms with van der Waals surface area (Å²) in [6.07, 6.45) is 5.96. The predicted molar refractivity (Wildman–Crippen MR) is 122 cm³/mol. The fourth-order valence-corrected chi connectivity index (χ4v) is 3.87. The Bertz CT molecular complexity index is 1090. The molecule has 0 amide bonds. The molecule has 0 aliphatic carbocycles. The Kier molecular flexibility index (Phi) is 6.21. The van der Waals surface area contributed by atoms with Gasteiger partial charge in [-0.05, 0) is 49.7 Å². The van der Waals surface area contributed by atoms with Crippen molar-refractivity contribution in [2.45, 2.75) is 25.9 Å². The molecule has 0 saturated carbocycles. The second-order valence-corrected chi connectivity index (χ2v) is 7.66. The molecule has 1 aromatic carbocycles. The number of nitrogens with one attached hydrogen (secondary N) is 2. The van der Waals surface area contributed by atoms with Gasteiger partial charge in [0, 0.05) is 30.5 Å². The minimum atomic E-state index is -0.0179. The lowest BCUT2D eigenvalue weighted by Gasteiger charge is -2.11. The molecule has 3 heterocycles. The van der Waals surface area contributed by atoms with Gasteiger partial charge in [-0.2, -0.15) is 5.10 Å². The highest BCUT2D eigenvalue weighted by Crippen LogP contribution is 2.24. The number of nitrogens with zero attached hydrogens (tertiary/aromatic N) is 2. The maximum atomic E-state index is 13.2. The number of hydrogen-bond donors (Lipinski definition) is 2. The molecule has 0 radical (unpaired) electrons. The highest BCUT2D eigenvalue weighted by Gasteiger charge is 2.20. The molecule has 4 rings (SSSR count). The SMILES string of the molecule is Cc1c(/C=N\NC(=S)NC[C@@H]2CCCO2)c2ccccn2c1C(=O)c1ccccc1. The number of ketones is 1. The van der Waals surface area contributed by atoms with E-state index in [1.807, 2.05) is 66.1 Å². The molecular formula is C23H24N4O2S. The number of aromatic nitrogens is 1. The van der Waals surface area contributed by atoms with Crippen LogP contribution in [-0.2, 0) is 4.74 Å². The van der Waals surface area contributed by atoms with Gasteiger partial charge >= 0.3 is 0 Å². The van der Waals surface area contributed by atoms with Crippen LogP contribution in [0.1, 0.15) is 40.0 Å². The average Bonchev–Trinajstić information content (AvgIpc) is 3.39. The predicted octanol–water partition coefficient (Wildman–Crippen LogP) is 3.46. The van der Waals surface area contributed by atoms with Crippen LogP contribution in [0.15, 0.2) is 59.8 Å². The molecule has 2 N–H and O–H groups in total. The van der Waals surface area contributed by atoms with Crippen LogP contribution in [0.3, 0.4) is 0 Å². The second kappa shape index (κ2) is 9.19. The van der Waals surface area contributed by atoms with E-state index in [4.69, 9.17) is 17.0 Å². The number of carbonyl (C=O) groups excluding carboxylic acids is 1. The number of fused-ring (bicyclic) bond motifs is 1. The van der Waals surface area contributed by atoms with Gasteiger partial charge in [-0.1, -0.05) is 36.4 Å². The first-order valence-corrected chi connectivity index (χ1v) is 10.4. The Labute approximate surface area is 180 Å². The van der Waals surface area contributed by atoms with Crippen molar-refractivity contribution in [2.75, 3.05) is 13.2 Å². The fraction of sp³-hybridized carbons (Fsp3) is 0.261. The summed E-state index contributed by atoms with van der Waals surface area (Å²) >= 11 is 5.29. The highest BCUT2D eigenvalue weighted by molar-refractivity contribution is 7.80. The molecule has 1 atom stereocenters. The standard InChI is InChI=1S/C23H24N4O2S/c1-16-19(15-25-26-23(30)24-14-18-10-7-13-29-18)20-11-5-6-12-27(20)21(16)22(28)17-8-3-2-4-9-17/h2-6,8-9,11-12,15,18H,7,10,13-14H2,1H3,(H2,24,26,30)/b25-15-/t18-/m0/s1. The van der Waals surface area contributed by atoms with E-state index in [2.05, 4.69) is 15.8 Å². The number of thiocarbonyl (C=S) groups is 1. The van der Waals surface area contributed by atoms with Crippen LogP contribution in [0, 0.1) is 6.92 Å². The van der Waals surface area contributed by atoms with Gasteiger partial charge in [0.05, 0.1) is 23.5 Å². The minimum Gasteiger partial charge on any atom is -0.376 e. The van der Waals surface area contributed by atoms with E-state index in [9.17, 15) is 4.79 Å². The van der Waals surface area contributed by atoms with Crippen LogP contribution in [0.5, 0.6) is 0 Å². The van der Waals surface area contributed by atoms with Crippen LogP contribution in [0.4, 0.5) is 0 Å². The molecule has 30 heavy (non-hydrogen) atoms. The zero-order valence-electron chi connectivity index (χ0n) is 16.8. The average molecular weight is 421 g/mol. The summed E-state index contributed by atoms with van der Waals surface area (Å²) in [5.41, 5.74) is 6.82. The van der Waals surface area contributed by atoms with E-state index < -0.39 is 0 Å². The minimum absolute atomic E-state index is 0.0179. The number of hydrogen-bond acceptors (Lipinski definition) is 4. The molecular weight excluding hydrogens is 396 g/mol. The Hall–Kier alpha value is -3.03. The number of benzene rings is 1. The fourth-order valence-electron chi connectivity index (χ4n) is 3.73. The van der Waals surface area contributed by atoms with Gasteiger partial charge in [0.1, 0.15) is 0 Å². The molecule has 3 aromatic rings. The lowest BCUT2D eigenvalue weighted by Crippen LogP contribution is -2.37. The Balaban J connectivity index is 1.54. The van der Waals surface area contributed by atoms with Crippen molar-refractivity contribution in [1.29, 1.82) is 0 Å². The molecule has 2 aromatic heterocycles. The first-order valence-electron chi connectivity index (χ1n) is 10.0. The maximum Gasteiger partial charge on any atom is 0.210 e. The second-order valence-electron chi connectivity index (χ2n) is 7.25. The van der Waals surface area contributed by atoms with Crippen LogP contribution in [0.2, 0.25) is 0 Å². The van der Waals surface area contributed by atoms with Crippen molar-refractivity contribution in [3.63, 3.8) is 0 Å². The zero-order valence-corrected chi connectivity index (χ0v) is 17.6. The van der Waals surface area contributed by atoms with Crippen molar-refractivity contribution >= 4 is 34.8 Å². The summed E-state index contributed by atoms with van der Waals surface area (Å²) in [6, 6.07) is 15.1. The molecule has 6 nitrogen and oxygen atoms in total. The lowest BCUT2D eigenvalue weighted by atomic mass is 10.0. The largest absolute Gasteiger partial charge is 0.376 e.